The van der Waals surface area contributed by atoms with Crippen molar-refractivity contribution in [2.24, 2.45) is 11.7 Å². The molecule has 1 aliphatic rings. The summed E-state index contributed by atoms with van der Waals surface area (Å²) < 4.78 is 0. The van der Waals surface area contributed by atoms with Crippen LogP contribution in [0.15, 0.2) is 5.38 Å². The molecule has 1 amide bonds. The van der Waals surface area contributed by atoms with Gasteiger partial charge in [-0.05, 0) is 32.6 Å². The molecule has 2 atom stereocenters. The normalized spacial score (nSPS) is 18.8. The molecule has 5 heteroatoms. The van der Waals surface area contributed by atoms with Crippen LogP contribution < -0.4 is 11.1 Å². The predicted octanol–water partition coefficient (Wildman–Crippen LogP) is 1.76. The summed E-state index contributed by atoms with van der Waals surface area (Å²) >= 11 is 1.58. The molecule has 2 rings (SSSR count). The second-order valence-corrected chi connectivity index (χ2v) is 5.71. The summed E-state index contributed by atoms with van der Waals surface area (Å²) in [5.41, 5.74) is 6.93. The van der Waals surface area contributed by atoms with Crippen LogP contribution >= 0.6 is 11.3 Å². The van der Waals surface area contributed by atoms with Gasteiger partial charge in [0.25, 0.3) is 0 Å². The number of carbonyl (C=O) groups is 1. The minimum Gasteiger partial charge on any atom is -0.347 e. The van der Waals surface area contributed by atoms with Crippen molar-refractivity contribution in [2.75, 3.05) is 0 Å². The molecule has 0 bridgehead atoms. The molecule has 1 aliphatic carbocycles. The van der Waals surface area contributed by atoms with Crippen molar-refractivity contribution in [3.05, 3.63) is 16.1 Å². The molecule has 3 N–H and O–H groups in total. The number of nitrogens with one attached hydrogen (secondary N) is 1. The fourth-order valence-electron chi connectivity index (χ4n) is 1.84. The van der Waals surface area contributed by atoms with Crippen LogP contribution in [-0.2, 0) is 4.79 Å². The van der Waals surface area contributed by atoms with Gasteiger partial charge in [-0.3, -0.25) is 4.79 Å². The van der Waals surface area contributed by atoms with Gasteiger partial charge in [0.2, 0.25) is 5.91 Å². The van der Waals surface area contributed by atoms with Crippen molar-refractivity contribution < 1.29 is 4.79 Å². The third kappa shape index (κ3) is 3.51. The van der Waals surface area contributed by atoms with Crippen molar-refractivity contribution in [1.29, 1.82) is 0 Å². The number of thiazole rings is 1. The molecular weight excluding hydrogens is 234 g/mol. The van der Waals surface area contributed by atoms with E-state index in [2.05, 4.69) is 10.3 Å². The number of rotatable bonds is 5. The zero-order chi connectivity index (χ0) is 12.4. The highest BCUT2D eigenvalue weighted by atomic mass is 32.1. The molecule has 1 saturated carbocycles. The lowest BCUT2D eigenvalue weighted by molar-refractivity contribution is -0.122. The maximum atomic E-state index is 11.8. The summed E-state index contributed by atoms with van der Waals surface area (Å²) in [7, 11) is 0. The van der Waals surface area contributed by atoms with Gasteiger partial charge in [0.15, 0.2) is 0 Å². The zero-order valence-corrected chi connectivity index (χ0v) is 11.1. The fourth-order valence-corrected chi connectivity index (χ4v) is 2.64. The van der Waals surface area contributed by atoms with Gasteiger partial charge in [-0.25, -0.2) is 4.98 Å². The molecule has 17 heavy (non-hydrogen) atoms. The number of nitrogens with zero attached hydrogens (tertiary/aromatic N) is 1. The number of amides is 1. The average Bonchev–Trinajstić information content (AvgIpc) is 3.01. The first-order valence-electron chi connectivity index (χ1n) is 6.03. The second-order valence-electron chi connectivity index (χ2n) is 4.82. The van der Waals surface area contributed by atoms with Gasteiger partial charge in [-0.15, -0.1) is 11.3 Å². The second kappa shape index (κ2) is 5.14. The fraction of sp³-hybridized carbons (Fsp3) is 0.667. The average molecular weight is 253 g/mol. The maximum absolute atomic E-state index is 11.8. The first-order chi connectivity index (χ1) is 8.06. The van der Waals surface area contributed by atoms with E-state index in [9.17, 15) is 4.79 Å². The molecule has 1 fully saturated rings. The van der Waals surface area contributed by atoms with Gasteiger partial charge in [-0.2, -0.15) is 0 Å². The number of hydrogen-bond donors (Lipinski definition) is 2. The van der Waals surface area contributed by atoms with Crippen LogP contribution in [0.3, 0.4) is 0 Å². The first kappa shape index (κ1) is 12.5. The minimum atomic E-state index is -0.0207. The predicted molar refractivity (Wildman–Crippen MR) is 68.7 cm³/mol. The molecule has 1 aromatic rings. The number of aryl methyl sites for hydroxylation is 1. The molecule has 0 saturated heterocycles. The summed E-state index contributed by atoms with van der Waals surface area (Å²) in [6.45, 7) is 3.91. The van der Waals surface area contributed by atoms with Crippen LogP contribution in [0, 0.1) is 12.8 Å². The molecule has 0 aliphatic heterocycles. The quantitative estimate of drug-likeness (QED) is 0.840. The number of aromatic nitrogens is 1. The zero-order valence-electron chi connectivity index (χ0n) is 10.3. The Morgan fingerprint density at radius 1 is 1.71 bits per heavy atom. The SMILES string of the molecule is Cc1csc(C(C)NC(=O)CC(N)C2CC2)n1. The van der Waals surface area contributed by atoms with Crippen LogP contribution in [0.1, 0.15) is 42.9 Å². The number of carbonyl (C=O) groups excluding carboxylic acids is 1. The van der Waals surface area contributed by atoms with E-state index in [-0.39, 0.29) is 18.0 Å². The smallest absolute Gasteiger partial charge is 0.222 e. The first-order valence-corrected chi connectivity index (χ1v) is 6.91. The lowest BCUT2D eigenvalue weighted by Gasteiger charge is -2.14. The van der Waals surface area contributed by atoms with E-state index in [1.165, 1.54) is 12.8 Å². The van der Waals surface area contributed by atoms with E-state index in [0.29, 0.717) is 12.3 Å². The third-order valence-corrected chi connectivity index (χ3v) is 4.18. The molecule has 1 heterocycles. The van der Waals surface area contributed by atoms with E-state index < -0.39 is 0 Å². The highest BCUT2D eigenvalue weighted by Crippen LogP contribution is 2.32. The van der Waals surface area contributed by atoms with Gasteiger partial charge in [0, 0.05) is 23.5 Å². The highest BCUT2D eigenvalue weighted by molar-refractivity contribution is 7.09. The Kier molecular flexibility index (Phi) is 3.79. The van der Waals surface area contributed by atoms with Gasteiger partial charge in [-0.1, -0.05) is 0 Å². The minimum absolute atomic E-state index is 0.0207. The van der Waals surface area contributed by atoms with E-state index in [1.807, 2.05) is 19.2 Å². The summed E-state index contributed by atoms with van der Waals surface area (Å²) in [6.07, 6.45) is 2.78. The van der Waals surface area contributed by atoms with E-state index >= 15 is 0 Å². The lowest BCUT2D eigenvalue weighted by Crippen LogP contribution is -2.34. The summed E-state index contributed by atoms with van der Waals surface area (Å²) in [6, 6.07) is 0.00725. The van der Waals surface area contributed by atoms with Crippen LogP contribution in [0.25, 0.3) is 0 Å². The molecule has 1 aromatic heterocycles. The van der Waals surface area contributed by atoms with Crippen LogP contribution in [0.5, 0.6) is 0 Å². The standard InChI is InChI=1S/C12H19N3OS/c1-7-6-17-12(14-7)8(2)15-11(16)5-10(13)9-3-4-9/h6,8-10H,3-5,13H2,1-2H3,(H,15,16). The topological polar surface area (TPSA) is 68.0 Å². The Bertz CT molecular complexity index is 400. The van der Waals surface area contributed by atoms with Crippen molar-refractivity contribution in [3.8, 4) is 0 Å². The number of hydrogen-bond acceptors (Lipinski definition) is 4. The molecule has 2 unspecified atom stereocenters. The van der Waals surface area contributed by atoms with Gasteiger partial charge < -0.3 is 11.1 Å². The summed E-state index contributed by atoms with van der Waals surface area (Å²) in [5, 5.41) is 5.90. The molecule has 0 aromatic carbocycles. The van der Waals surface area contributed by atoms with Crippen molar-refractivity contribution in [2.45, 2.75) is 45.2 Å². The van der Waals surface area contributed by atoms with E-state index in [0.717, 1.165) is 10.7 Å². The largest absolute Gasteiger partial charge is 0.347 e. The lowest BCUT2D eigenvalue weighted by atomic mass is 10.1. The number of nitrogens with two attached hydrogens (primary N) is 1. The molecule has 4 nitrogen and oxygen atoms in total. The van der Waals surface area contributed by atoms with Crippen molar-refractivity contribution in [3.63, 3.8) is 0 Å². The van der Waals surface area contributed by atoms with Gasteiger partial charge in [0.1, 0.15) is 5.01 Å². The van der Waals surface area contributed by atoms with Gasteiger partial charge in [0.05, 0.1) is 6.04 Å². The molecule has 0 spiro atoms. The third-order valence-electron chi connectivity index (χ3n) is 3.03. The Hall–Kier alpha value is -0.940. The Labute approximate surface area is 106 Å². The van der Waals surface area contributed by atoms with Crippen molar-refractivity contribution >= 4 is 17.2 Å². The maximum Gasteiger partial charge on any atom is 0.222 e. The van der Waals surface area contributed by atoms with Gasteiger partial charge >= 0.3 is 0 Å². The van der Waals surface area contributed by atoms with Crippen LogP contribution in [0.2, 0.25) is 0 Å². The van der Waals surface area contributed by atoms with Crippen LogP contribution in [-0.4, -0.2) is 16.9 Å². The van der Waals surface area contributed by atoms with Crippen LogP contribution in [0.4, 0.5) is 0 Å². The monoisotopic (exact) mass is 253 g/mol. The van der Waals surface area contributed by atoms with E-state index in [1.54, 1.807) is 11.3 Å². The Balaban J connectivity index is 1.81. The Morgan fingerprint density at radius 2 is 2.41 bits per heavy atom. The summed E-state index contributed by atoms with van der Waals surface area (Å²) in [4.78, 5) is 16.1. The van der Waals surface area contributed by atoms with E-state index in [4.69, 9.17) is 5.73 Å². The van der Waals surface area contributed by atoms with Crippen molar-refractivity contribution in [1.82, 2.24) is 10.3 Å². The molecular formula is C12H19N3OS. The highest BCUT2D eigenvalue weighted by Gasteiger charge is 2.30. The Morgan fingerprint density at radius 3 is 2.94 bits per heavy atom. The summed E-state index contributed by atoms with van der Waals surface area (Å²) in [5.74, 6) is 0.600. The molecule has 0 radical (unpaired) electrons. The molecule has 94 valence electrons.